The molecule has 4 nitrogen and oxygen atoms in total. The van der Waals surface area contributed by atoms with Crippen molar-refractivity contribution in [3.05, 3.63) is 0 Å². The zero-order valence-electron chi connectivity index (χ0n) is 8.88. The van der Waals surface area contributed by atoms with E-state index in [4.69, 9.17) is 4.74 Å². The lowest BCUT2D eigenvalue weighted by Gasteiger charge is -2.27. The Morgan fingerprint density at radius 1 is 1.43 bits per heavy atom. The smallest absolute Gasteiger partial charge is 0.317 e. The van der Waals surface area contributed by atoms with Crippen molar-refractivity contribution in [2.24, 2.45) is 5.41 Å². The van der Waals surface area contributed by atoms with Gasteiger partial charge in [-0.1, -0.05) is 13.8 Å². The highest BCUT2D eigenvalue weighted by Gasteiger charge is 2.47. The molecule has 0 spiro atoms. The minimum absolute atomic E-state index is 0.0730. The van der Waals surface area contributed by atoms with Crippen LogP contribution in [0.5, 0.6) is 0 Å². The molecule has 80 valence electrons. The number of morpholine rings is 1. The first-order valence-electron chi connectivity index (χ1n) is 5.23. The average molecular weight is 198 g/mol. The van der Waals surface area contributed by atoms with E-state index in [2.05, 4.69) is 19.2 Å². The normalized spacial score (nSPS) is 29.9. The molecule has 0 aromatic heterocycles. The first kappa shape index (κ1) is 9.77. The Balaban J connectivity index is 1.78. The number of ether oxygens (including phenoxy) is 1. The second kappa shape index (κ2) is 3.42. The van der Waals surface area contributed by atoms with Crippen molar-refractivity contribution in [1.82, 2.24) is 10.2 Å². The fourth-order valence-electron chi connectivity index (χ4n) is 1.72. The standard InChI is InChI=1S/C10H18N2O2/c1-10(2)7-8(10)11-9(13)12-3-5-14-6-4-12/h8H,3-7H2,1-2H3,(H,11,13). The van der Waals surface area contributed by atoms with Crippen LogP contribution in [0.3, 0.4) is 0 Å². The van der Waals surface area contributed by atoms with Gasteiger partial charge in [-0.2, -0.15) is 0 Å². The van der Waals surface area contributed by atoms with Gasteiger partial charge in [-0.25, -0.2) is 4.79 Å². The molecule has 1 saturated carbocycles. The second-order valence-corrected chi connectivity index (χ2v) is 4.79. The molecule has 1 atom stereocenters. The summed E-state index contributed by atoms with van der Waals surface area (Å²) in [6.07, 6.45) is 1.10. The van der Waals surface area contributed by atoms with Gasteiger partial charge in [-0.15, -0.1) is 0 Å². The summed E-state index contributed by atoms with van der Waals surface area (Å²) in [6, 6.07) is 0.446. The lowest BCUT2D eigenvalue weighted by molar-refractivity contribution is 0.0529. The maximum Gasteiger partial charge on any atom is 0.317 e. The number of nitrogens with one attached hydrogen (secondary N) is 1. The fraction of sp³-hybridized carbons (Fsp3) is 0.900. The third-order valence-corrected chi connectivity index (χ3v) is 3.11. The number of nitrogens with zero attached hydrogens (tertiary/aromatic N) is 1. The first-order chi connectivity index (χ1) is 6.59. The van der Waals surface area contributed by atoms with Crippen molar-refractivity contribution >= 4 is 6.03 Å². The van der Waals surface area contributed by atoms with Gasteiger partial charge in [0.05, 0.1) is 13.2 Å². The van der Waals surface area contributed by atoms with Crippen molar-refractivity contribution in [3.8, 4) is 0 Å². The van der Waals surface area contributed by atoms with E-state index in [0.717, 1.165) is 19.5 Å². The number of rotatable bonds is 1. The molecule has 1 aliphatic heterocycles. The van der Waals surface area contributed by atoms with E-state index in [1.54, 1.807) is 0 Å². The van der Waals surface area contributed by atoms with Crippen LogP contribution in [-0.4, -0.2) is 43.3 Å². The summed E-state index contributed by atoms with van der Waals surface area (Å²) in [6.45, 7) is 7.13. The van der Waals surface area contributed by atoms with Crippen LogP contribution in [-0.2, 0) is 4.74 Å². The average Bonchev–Trinajstić information content (AvgIpc) is 2.75. The molecule has 1 unspecified atom stereocenters. The Kier molecular flexibility index (Phi) is 2.39. The van der Waals surface area contributed by atoms with Crippen LogP contribution >= 0.6 is 0 Å². The molecule has 2 fully saturated rings. The number of hydrogen-bond acceptors (Lipinski definition) is 2. The monoisotopic (exact) mass is 198 g/mol. The van der Waals surface area contributed by atoms with E-state index in [1.807, 2.05) is 4.90 Å². The summed E-state index contributed by atoms with van der Waals surface area (Å²) in [5.41, 5.74) is 0.307. The Morgan fingerprint density at radius 2 is 2.00 bits per heavy atom. The van der Waals surface area contributed by atoms with Crippen LogP contribution in [0.1, 0.15) is 20.3 Å². The van der Waals surface area contributed by atoms with E-state index >= 15 is 0 Å². The zero-order valence-corrected chi connectivity index (χ0v) is 8.88. The molecule has 14 heavy (non-hydrogen) atoms. The van der Waals surface area contributed by atoms with Gasteiger partial charge in [0, 0.05) is 19.1 Å². The summed E-state index contributed by atoms with van der Waals surface area (Å²) in [7, 11) is 0. The molecule has 2 aliphatic rings. The quantitative estimate of drug-likeness (QED) is 0.678. The molecule has 4 heteroatoms. The second-order valence-electron chi connectivity index (χ2n) is 4.79. The molecule has 0 aromatic rings. The lowest BCUT2D eigenvalue weighted by Crippen LogP contribution is -2.47. The van der Waals surface area contributed by atoms with Crippen LogP contribution in [0.4, 0.5) is 4.79 Å². The van der Waals surface area contributed by atoms with Gasteiger partial charge in [0.25, 0.3) is 0 Å². The van der Waals surface area contributed by atoms with E-state index in [9.17, 15) is 4.79 Å². The minimum Gasteiger partial charge on any atom is -0.378 e. The van der Waals surface area contributed by atoms with Gasteiger partial charge in [0.2, 0.25) is 0 Å². The molecule has 0 radical (unpaired) electrons. The highest BCUT2D eigenvalue weighted by Crippen LogP contribution is 2.44. The SMILES string of the molecule is CC1(C)CC1NC(=O)N1CCOCC1. The minimum atomic E-state index is 0.0730. The molecular weight excluding hydrogens is 180 g/mol. The van der Waals surface area contributed by atoms with Crippen LogP contribution in [0.15, 0.2) is 0 Å². The molecule has 0 bridgehead atoms. The Bertz CT molecular complexity index is 234. The lowest BCUT2D eigenvalue weighted by atomic mass is 10.2. The van der Waals surface area contributed by atoms with Crippen LogP contribution in [0, 0.1) is 5.41 Å². The first-order valence-corrected chi connectivity index (χ1v) is 5.23. The van der Waals surface area contributed by atoms with Gasteiger partial charge < -0.3 is 15.0 Å². The number of urea groups is 1. The third kappa shape index (κ3) is 2.00. The largest absolute Gasteiger partial charge is 0.378 e. The highest BCUT2D eigenvalue weighted by atomic mass is 16.5. The number of carbonyl (C=O) groups excluding carboxylic acids is 1. The molecule has 2 rings (SSSR count). The predicted molar refractivity (Wildman–Crippen MR) is 53.1 cm³/mol. The van der Waals surface area contributed by atoms with E-state index < -0.39 is 0 Å². The van der Waals surface area contributed by atoms with Crippen LogP contribution in [0.25, 0.3) is 0 Å². The maximum atomic E-state index is 11.7. The Morgan fingerprint density at radius 3 is 2.50 bits per heavy atom. The summed E-state index contributed by atoms with van der Waals surface area (Å²) in [5, 5.41) is 3.05. The molecule has 2 amide bonds. The number of hydrogen-bond donors (Lipinski definition) is 1. The van der Waals surface area contributed by atoms with Crippen LogP contribution < -0.4 is 5.32 Å². The van der Waals surface area contributed by atoms with Gasteiger partial charge in [-0.05, 0) is 11.8 Å². The fourth-order valence-corrected chi connectivity index (χ4v) is 1.72. The number of amides is 2. The molecule has 0 aromatic carbocycles. The van der Waals surface area contributed by atoms with Crippen molar-refractivity contribution in [3.63, 3.8) is 0 Å². The van der Waals surface area contributed by atoms with Crippen molar-refractivity contribution in [2.45, 2.75) is 26.3 Å². The van der Waals surface area contributed by atoms with E-state index in [0.29, 0.717) is 24.7 Å². The van der Waals surface area contributed by atoms with Crippen molar-refractivity contribution in [1.29, 1.82) is 0 Å². The predicted octanol–water partition coefficient (Wildman–Crippen LogP) is 0.827. The third-order valence-electron chi connectivity index (χ3n) is 3.11. The summed E-state index contributed by atoms with van der Waals surface area (Å²) in [5.74, 6) is 0. The molecule has 1 N–H and O–H groups in total. The van der Waals surface area contributed by atoms with Gasteiger partial charge in [0.15, 0.2) is 0 Å². The van der Waals surface area contributed by atoms with E-state index in [1.165, 1.54) is 0 Å². The molecule has 1 saturated heterocycles. The summed E-state index contributed by atoms with van der Waals surface area (Å²) < 4.78 is 5.19. The Labute approximate surface area is 84.6 Å². The molecule has 1 aliphatic carbocycles. The summed E-state index contributed by atoms with van der Waals surface area (Å²) in [4.78, 5) is 13.5. The van der Waals surface area contributed by atoms with Crippen molar-refractivity contribution < 1.29 is 9.53 Å². The van der Waals surface area contributed by atoms with E-state index in [-0.39, 0.29) is 6.03 Å². The topological polar surface area (TPSA) is 41.6 Å². The maximum absolute atomic E-state index is 11.7. The number of carbonyl (C=O) groups is 1. The van der Waals surface area contributed by atoms with Crippen molar-refractivity contribution in [2.75, 3.05) is 26.3 Å². The van der Waals surface area contributed by atoms with Gasteiger partial charge >= 0.3 is 6.03 Å². The van der Waals surface area contributed by atoms with Gasteiger partial charge in [-0.3, -0.25) is 0 Å². The summed E-state index contributed by atoms with van der Waals surface area (Å²) >= 11 is 0. The zero-order chi connectivity index (χ0) is 10.2. The van der Waals surface area contributed by atoms with Gasteiger partial charge in [0.1, 0.15) is 0 Å². The highest BCUT2D eigenvalue weighted by molar-refractivity contribution is 5.75. The molecule has 1 heterocycles. The Hall–Kier alpha value is -0.770. The molecular formula is C10H18N2O2. The van der Waals surface area contributed by atoms with Crippen LogP contribution in [0.2, 0.25) is 0 Å².